The largest absolute Gasteiger partial charge is 0.504 e. The Morgan fingerprint density at radius 3 is 2.61 bits per heavy atom. The monoisotopic (exact) mass is 658 g/mol. The number of halogens is 1. The van der Waals surface area contributed by atoms with Gasteiger partial charge in [-0.25, -0.2) is 14.9 Å². The summed E-state index contributed by atoms with van der Waals surface area (Å²) in [6.45, 7) is 1.81. The molecule has 0 atom stereocenters. The van der Waals surface area contributed by atoms with Gasteiger partial charge < -0.3 is 20.1 Å². The van der Waals surface area contributed by atoms with Gasteiger partial charge in [-0.1, -0.05) is 24.3 Å². The van der Waals surface area contributed by atoms with Gasteiger partial charge in [-0.15, -0.1) is 0 Å². The van der Waals surface area contributed by atoms with E-state index in [1.54, 1.807) is 42.1 Å². The zero-order valence-electron chi connectivity index (χ0n) is 26.4. The summed E-state index contributed by atoms with van der Waals surface area (Å²) in [6, 6.07) is 17.3. The van der Waals surface area contributed by atoms with Gasteiger partial charge in [-0.3, -0.25) is 15.1 Å². The molecule has 0 aliphatic carbocycles. The van der Waals surface area contributed by atoms with Crippen LogP contribution in [0.25, 0.3) is 39.2 Å². The normalized spacial score (nSPS) is 13.4. The molecule has 1 aliphatic heterocycles. The second-order valence-corrected chi connectivity index (χ2v) is 11.5. The highest BCUT2D eigenvalue weighted by molar-refractivity contribution is 5.96. The maximum Gasteiger partial charge on any atom is 0.267 e. The number of aromatic amines is 1. The number of rotatable bonds is 9. The van der Waals surface area contributed by atoms with E-state index in [0.717, 1.165) is 34.9 Å². The second-order valence-electron chi connectivity index (χ2n) is 11.5. The summed E-state index contributed by atoms with van der Waals surface area (Å²) in [5.41, 5.74) is 6.21. The van der Waals surface area contributed by atoms with Crippen molar-refractivity contribution in [3.05, 3.63) is 95.1 Å². The van der Waals surface area contributed by atoms with Crippen LogP contribution in [0.4, 0.5) is 10.2 Å². The fraction of sp³-hybridized carbons (Fsp3) is 0.194. The molecule has 246 valence electrons. The number of anilines is 1. The number of H-pyrrole nitrogens is 1. The average molecular weight is 659 g/mol. The number of aromatic hydroxyl groups is 1. The summed E-state index contributed by atoms with van der Waals surface area (Å²) in [6.07, 6.45) is 7.73. The molecule has 2 aromatic heterocycles. The molecule has 1 aliphatic rings. The topological polar surface area (TPSA) is 183 Å². The molecule has 0 saturated carbocycles. The number of nitrogens with one attached hydrogen (secondary N) is 3. The Balaban J connectivity index is 1.24. The minimum atomic E-state index is -0.703. The molecule has 5 aromatic rings. The van der Waals surface area contributed by atoms with Crippen LogP contribution in [-0.2, 0) is 11.3 Å². The third-order valence-electron chi connectivity index (χ3n) is 8.68. The van der Waals surface area contributed by atoms with Gasteiger partial charge in [-0.2, -0.15) is 15.6 Å². The van der Waals surface area contributed by atoms with Crippen LogP contribution in [0, 0.1) is 28.5 Å². The molecule has 1 fully saturated rings. The minimum Gasteiger partial charge on any atom is -0.504 e. The number of phenolic OH excluding ortho intramolecular Hbond substituents is 1. The number of carbonyl (C=O) groups excluding carboxylic acids is 1. The molecule has 1 amide bonds. The number of ether oxygens (including phenoxy) is 1. The SMILES string of the molecule is COc1ccc(-c2cnc(N3CCC(NCc4ccc(/C=C/C(=O)NO)c5[nH]ncc45)CC3)c(C#N)c2-c2ccc(C#N)c(F)c2)cc1O. The van der Waals surface area contributed by atoms with Crippen LogP contribution in [-0.4, -0.2) is 57.6 Å². The molecule has 5 N–H and O–H groups in total. The van der Waals surface area contributed by atoms with E-state index in [2.05, 4.69) is 21.6 Å². The van der Waals surface area contributed by atoms with Gasteiger partial charge in [-0.05, 0) is 59.9 Å². The van der Waals surface area contributed by atoms with Gasteiger partial charge in [0.05, 0.1) is 24.4 Å². The standard InChI is InChI=1S/C36H31FN8O4/c1-49-32-8-6-22(15-31(32)46)28-19-41-36(27(17-39)34(28)23-3-4-24(16-38)30(37)14-23)45-12-10-26(11-13-45)40-18-25-5-2-21(7-9-33(47)44-48)35-29(25)20-42-43-35/h2-9,14-15,19-20,26,40,46,48H,10-13,18H2,1H3,(H,42,43)(H,44,47)/b9-7+. The average Bonchev–Trinajstić information content (AvgIpc) is 3.63. The number of carbonyl (C=O) groups is 1. The van der Waals surface area contributed by atoms with Crippen molar-refractivity contribution >= 4 is 28.7 Å². The molecule has 3 heterocycles. The first-order chi connectivity index (χ1) is 23.8. The van der Waals surface area contributed by atoms with E-state index in [0.29, 0.717) is 47.7 Å². The Morgan fingerprint density at radius 2 is 1.92 bits per heavy atom. The van der Waals surface area contributed by atoms with Gasteiger partial charge in [0.25, 0.3) is 5.91 Å². The van der Waals surface area contributed by atoms with E-state index in [1.165, 1.54) is 31.4 Å². The molecule has 6 rings (SSSR count). The molecule has 1 saturated heterocycles. The highest BCUT2D eigenvalue weighted by Crippen LogP contribution is 2.41. The molecular formula is C36H31FN8O4. The molecule has 0 radical (unpaired) electrons. The molecule has 13 heteroatoms. The van der Waals surface area contributed by atoms with Crippen LogP contribution in [0.3, 0.4) is 0 Å². The van der Waals surface area contributed by atoms with E-state index in [-0.39, 0.29) is 28.7 Å². The van der Waals surface area contributed by atoms with Gasteiger partial charge in [0.1, 0.15) is 29.3 Å². The van der Waals surface area contributed by atoms with Crippen LogP contribution in [0.1, 0.15) is 35.1 Å². The quantitative estimate of drug-likeness (QED) is 0.0805. The lowest BCUT2D eigenvalue weighted by molar-refractivity contribution is -0.124. The Bertz CT molecular complexity index is 2160. The lowest BCUT2D eigenvalue weighted by atomic mass is 9.91. The summed E-state index contributed by atoms with van der Waals surface area (Å²) in [5, 5.41) is 50.8. The van der Waals surface area contributed by atoms with Crippen LogP contribution >= 0.6 is 0 Å². The number of fused-ring (bicyclic) bond motifs is 1. The fourth-order valence-electron chi connectivity index (χ4n) is 6.14. The zero-order chi connectivity index (χ0) is 34.5. The summed E-state index contributed by atoms with van der Waals surface area (Å²) in [5.74, 6) is -0.673. The zero-order valence-corrected chi connectivity index (χ0v) is 26.4. The number of piperidine rings is 1. The molecule has 49 heavy (non-hydrogen) atoms. The summed E-state index contributed by atoms with van der Waals surface area (Å²) < 4.78 is 20.1. The lowest BCUT2D eigenvalue weighted by Crippen LogP contribution is -2.43. The Labute approximate surface area is 280 Å². The van der Waals surface area contributed by atoms with E-state index in [4.69, 9.17) is 14.9 Å². The number of pyridine rings is 1. The fourth-order valence-corrected chi connectivity index (χ4v) is 6.14. The maximum atomic E-state index is 14.9. The summed E-state index contributed by atoms with van der Waals surface area (Å²) >= 11 is 0. The van der Waals surface area contributed by atoms with E-state index in [9.17, 15) is 24.8 Å². The van der Waals surface area contributed by atoms with E-state index >= 15 is 0 Å². The number of amides is 1. The van der Waals surface area contributed by atoms with Crippen molar-refractivity contribution in [1.29, 1.82) is 10.5 Å². The molecule has 12 nitrogen and oxygen atoms in total. The first kappa shape index (κ1) is 32.7. The van der Waals surface area contributed by atoms with Crippen molar-refractivity contribution in [3.63, 3.8) is 0 Å². The Morgan fingerprint density at radius 1 is 1.12 bits per heavy atom. The van der Waals surface area contributed by atoms with Gasteiger partial charge >= 0.3 is 0 Å². The van der Waals surface area contributed by atoms with Crippen molar-refractivity contribution in [2.75, 3.05) is 25.1 Å². The molecule has 3 aromatic carbocycles. The number of hydroxylamine groups is 1. The smallest absolute Gasteiger partial charge is 0.267 e. The number of methoxy groups -OCH3 is 1. The van der Waals surface area contributed by atoms with Crippen molar-refractivity contribution in [3.8, 4) is 45.9 Å². The number of nitriles is 2. The third-order valence-corrected chi connectivity index (χ3v) is 8.68. The van der Waals surface area contributed by atoms with Gasteiger partial charge in [0.2, 0.25) is 0 Å². The first-order valence-electron chi connectivity index (χ1n) is 15.4. The predicted octanol–water partition coefficient (Wildman–Crippen LogP) is 5.17. The van der Waals surface area contributed by atoms with Crippen molar-refractivity contribution in [2.24, 2.45) is 0 Å². The summed E-state index contributed by atoms with van der Waals surface area (Å²) in [7, 11) is 1.45. The number of phenols is 1. The number of aromatic nitrogens is 3. The molecule has 0 bridgehead atoms. The van der Waals surface area contributed by atoms with Crippen molar-refractivity contribution in [1.82, 2.24) is 26.0 Å². The first-order valence-corrected chi connectivity index (χ1v) is 15.4. The van der Waals surface area contributed by atoms with Crippen LogP contribution in [0.15, 0.2) is 67.0 Å². The third kappa shape index (κ3) is 6.62. The van der Waals surface area contributed by atoms with Gasteiger partial charge in [0, 0.05) is 60.0 Å². The molecule has 0 unspecified atom stereocenters. The molecule has 0 spiro atoms. The predicted molar refractivity (Wildman–Crippen MR) is 180 cm³/mol. The van der Waals surface area contributed by atoms with Crippen molar-refractivity contribution in [2.45, 2.75) is 25.4 Å². The van der Waals surface area contributed by atoms with Gasteiger partial charge in [0.15, 0.2) is 11.5 Å². The van der Waals surface area contributed by atoms with E-state index in [1.807, 2.05) is 23.1 Å². The highest BCUT2D eigenvalue weighted by Gasteiger charge is 2.26. The van der Waals surface area contributed by atoms with E-state index < -0.39 is 11.7 Å². The second kappa shape index (κ2) is 14.2. The molecular weight excluding hydrogens is 627 g/mol. The Kier molecular flexibility index (Phi) is 9.48. The van der Waals surface area contributed by atoms with Crippen molar-refractivity contribution < 1.29 is 24.2 Å². The van der Waals surface area contributed by atoms with Crippen LogP contribution < -0.4 is 20.4 Å². The maximum absolute atomic E-state index is 14.9. The highest BCUT2D eigenvalue weighted by atomic mass is 19.1. The lowest BCUT2D eigenvalue weighted by Gasteiger charge is -2.34. The summed E-state index contributed by atoms with van der Waals surface area (Å²) in [4.78, 5) is 18.2. The van der Waals surface area contributed by atoms with Crippen LogP contribution in [0.2, 0.25) is 0 Å². The number of hydrogen-bond acceptors (Lipinski definition) is 10. The minimum absolute atomic E-state index is 0.0949. The Hall–Kier alpha value is -6.28. The number of benzene rings is 3. The number of nitrogens with zero attached hydrogens (tertiary/aromatic N) is 5. The number of hydrogen-bond donors (Lipinski definition) is 5. The van der Waals surface area contributed by atoms with Crippen LogP contribution in [0.5, 0.6) is 11.5 Å².